The Kier molecular flexibility index (Phi) is 3.31. The van der Waals surface area contributed by atoms with Gasteiger partial charge in [-0.05, 0) is 40.2 Å². The fourth-order valence-corrected chi connectivity index (χ4v) is 3.00. The molecule has 3 aromatic heterocycles. The van der Waals surface area contributed by atoms with E-state index in [9.17, 15) is 4.79 Å². The number of pyridine rings is 1. The average Bonchev–Trinajstić information content (AvgIpc) is 3.02. The number of rotatable bonds is 3. The van der Waals surface area contributed by atoms with Crippen LogP contribution in [0.15, 0.2) is 40.3 Å². The molecular formula is C12H9BrN4OS. The van der Waals surface area contributed by atoms with Gasteiger partial charge in [-0.15, -0.1) is 21.5 Å². The molecule has 0 aliphatic heterocycles. The highest BCUT2D eigenvalue weighted by Gasteiger charge is 2.10. The second-order valence-corrected chi connectivity index (χ2v) is 6.29. The SMILES string of the molecule is O=C(NCc1nnc2ccccn12)c1ccc(Br)s1. The van der Waals surface area contributed by atoms with E-state index in [1.54, 1.807) is 6.07 Å². The Hall–Kier alpha value is -1.73. The summed E-state index contributed by atoms with van der Waals surface area (Å²) in [6, 6.07) is 9.31. The van der Waals surface area contributed by atoms with Crippen LogP contribution in [0.1, 0.15) is 15.5 Å². The molecule has 3 rings (SSSR count). The standard InChI is InChI=1S/C12H9BrN4OS/c13-9-5-4-8(19-9)12(18)14-7-11-16-15-10-3-1-2-6-17(10)11/h1-6H,7H2,(H,14,18). The van der Waals surface area contributed by atoms with Crippen molar-refractivity contribution in [2.45, 2.75) is 6.54 Å². The molecule has 0 bridgehead atoms. The Morgan fingerprint density at radius 3 is 3.00 bits per heavy atom. The fourth-order valence-electron chi connectivity index (χ4n) is 1.69. The molecular weight excluding hydrogens is 328 g/mol. The number of halogens is 1. The quantitative estimate of drug-likeness (QED) is 0.799. The van der Waals surface area contributed by atoms with Gasteiger partial charge in [-0.25, -0.2) is 0 Å². The number of hydrogen-bond acceptors (Lipinski definition) is 4. The molecule has 3 heterocycles. The zero-order valence-electron chi connectivity index (χ0n) is 9.71. The van der Waals surface area contributed by atoms with Crippen LogP contribution in [0.2, 0.25) is 0 Å². The van der Waals surface area contributed by atoms with E-state index in [2.05, 4.69) is 31.4 Å². The summed E-state index contributed by atoms with van der Waals surface area (Å²) < 4.78 is 2.79. The molecule has 0 spiro atoms. The van der Waals surface area contributed by atoms with Crippen molar-refractivity contribution in [2.24, 2.45) is 0 Å². The number of nitrogens with one attached hydrogen (secondary N) is 1. The van der Waals surface area contributed by atoms with Crippen LogP contribution in [0.3, 0.4) is 0 Å². The lowest BCUT2D eigenvalue weighted by molar-refractivity contribution is 0.0954. The minimum atomic E-state index is -0.108. The minimum absolute atomic E-state index is 0.108. The molecule has 0 saturated heterocycles. The van der Waals surface area contributed by atoms with Crippen molar-refractivity contribution in [2.75, 3.05) is 0 Å². The molecule has 0 aliphatic rings. The molecule has 0 unspecified atom stereocenters. The van der Waals surface area contributed by atoms with Crippen LogP contribution in [0.5, 0.6) is 0 Å². The summed E-state index contributed by atoms with van der Waals surface area (Å²) in [5.41, 5.74) is 0.769. The number of hydrogen-bond donors (Lipinski definition) is 1. The largest absolute Gasteiger partial charge is 0.344 e. The highest BCUT2D eigenvalue weighted by molar-refractivity contribution is 9.11. The monoisotopic (exact) mass is 336 g/mol. The first-order valence-corrected chi connectivity index (χ1v) is 7.17. The van der Waals surface area contributed by atoms with Gasteiger partial charge in [-0.2, -0.15) is 0 Å². The molecule has 0 saturated carbocycles. The number of aromatic nitrogens is 3. The van der Waals surface area contributed by atoms with Gasteiger partial charge in [0.2, 0.25) is 0 Å². The summed E-state index contributed by atoms with van der Waals surface area (Å²) >= 11 is 4.73. The topological polar surface area (TPSA) is 59.3 Å². The van der Waals surface area contributed by atoms with Crippen LogP contribution >= 0.6 is 27.3 Å². The smallest absolute Gasteiger partial charge is 0.261 e. The summed E-state index contributed by atoms with van der Waals surface area (Å²) in [6.07, 6.45) is 1.87. The van der Waals surface area contributed by atoms with Gasteiger partial charge in [0.05, 0.1) is 15.2 Å². The van der Waals surface area contributed by atoms with Crippen molar-refractivity contribution < 1.29 is 4.79 Å². The van der Waals surface area contributed by atoms with Gasteiger partial charge in [-0.1, -0.05) is 6.07 Å². The van der Waals surface area contributed by atoms with Gasteiger partial charge in [0.1, 0.15) is 0 Å². The lowest BCUT2D eigenvalue weighted by Crippen LogP contribution is -2.23. The summed E-state index contributed by atoms with van der Waals surface area (Å²) in [4.78, 5) is 12.6. The number of carbonyl (C=O) groups is 1. The summed E-state index contributed by atoms with van der Waals surface area (Å²) in [7, 11) is 0. The molecule has 0 atom stereocenters. The van der Waals surface area contributed by atoms with Crippen LogP contribution < -0.4 is 5.32 Å². The van der Waals surface area contributed by atoms with E-state index in [1.165, 1.54) is 11.3 Å². The number of carbonyl (C=O) groups excluding carboxylic acids is 1. The molecule has 96 valence electrons. The van der Waals surface area contributed by atoms with Crippen molar-refractivity contribution in [3.8, 4) is 0 Å². The Morgan fingerprint density at radius 1 is 1.32 bits per heavy atom. The molecule has 0 fully saturated rings. The van der Waals surface area contributed by atoms with Gasteiger partial charge in [-0.3, -0.25) is 9.20 Å². The van der Waals surface area contributed by atoms with Crippen LogP contribution in [0, 0.1) is 0 Å². The summed E-state index contributed by atoms with van der Waals surface area (Å²) in [5.74, 6) is 0.600. The van der Waals surface area contributed by atoms with E-state index < -0.39 is 0 Å². The lowest BCUT2D eigenvalue weighted by Gasteiger charge is -2.02. The van der Waals surface area contributed by atoms with Crippen molar-refractivity contribution >= 4 is 38.8 Å². The number of amides is 1. The normalized spacial score (nSPS) is 10.8. The maximum Gasteiger partial charge on any atom is 0.261 e. The first kappa shape index (κ1) is 12.3. The molecule has 5 nitrogen and oxygen atoms in total. The second-order valence-electron chi connectivity index (χ2n) is 3.83. The van der Waals surface area contributed by atoms with E-state index in [4.69, 9.17) is 0 Å². The highest BCUT2D eigenvalue weighted by atomic mass is 79.9. The van der Waals surface area contributed by atoms with Gasteiger partial charge in [0.25, 0.3) is 5.91 Å². The Labute approximate surface area is 121 Å². The van der Waals surface area contributed by atoms with Crippen molar-refractivity contribution in [3.63, 3.8) is 0 Å². The van der Waals surface area contributed by atoms with Crippen molar-refractivity contribution in [1.29, 1.82) is 0 Å². The predicted molar refractivity (Wildman–Crippen MR) is 76.2 cm³/mol. The Balaban J connectivity index is 1.74. The third kappa shape index (κ3) is 2.52. The van der Waals surface area contributed by atoms with Crippen molar-refractivity contribution in [3.05, 3.63) is 51.0 Å². The minimum Gasteiger partial charge on any atom is -0.344 e. The molecule has 3 aromatic rings. The highest BCUT2D eigenvalue weighted by Crippen LogP contribution is 2.21. The number of fused-ring (bicyclic) bond motifs is 1. The van der Waals surface area contributed by atoms with Gasteiger partial charge in [0, 0.05) is 6.20 Å². The first-order valence-electron chi connectivity index (χ1n) is 5.56. The van der Waals surface area contributed by atoms with E-state index in [1.807, 2.05) is 34.9 Å². The molecule has 0 aliphatic carbocycles. The third-order valence-corrected chi connectivity index (χ3v) is 4.21. The third-order valence-electron chi connectivity index (χ3n) is 2.59. The number of thiophene rings is 1. The Bertz CT molecular complexity index is 736. The van der Waals surface area contributed by atoms with Crippen LogP contribution in [0.25, 0.3) is 5.65 Å². The second kappa shape index (κ2) is 5.10. The Morgan fingerprint density at radius 2 is 2.21 bits per heavy atom. The van der Waals surface area contributed by atoms with Gasteiger partial charge < -0.3 is 5.32 Å². The number of nitrogens with zero attached hydrogens (tertiary/aromatic N) is 3. The van der Waals surface area contributed by atoms with E-state index >= 15 is 0 Å². The van der Waals surface area contributed by atoms with E-state index in [0.717, 1.165) is 9.43 Å². The van der Waals surface area contributed by atoms with Crippen LogP contribution in [-0.2, 0) is 6.54 Å². The van der Waals surface area contributed by atoms with Crippen molar-refractivity contribution in [1.82, 2.24) is 19.9 Å². The molecule has 1 N–H and O–H groups in total. The van der Waals surface area contributed by atoms with Gasteiger partial charge in [0.15, 0.2) is 11.5 Å². The molecule has 0 aromatic carbocycles. The zero-order valence-corrected chi connectivity index (χ0v) is 12.1. The molecule has 19 heavy (non-hydrogen) atoms. The summed E-state index contributed by atoms with van der Waals surface area (Å²) in [5, 5.41) is 10.9. The van der Waals surface area contributed by atoms with Crippen LogP contribution in [-0.4, -0.2) is 20.5 Å². The maximum absolute atomic E-state index is 11.9. The summed E-state index contributed by atoms with van der Waals surface area (Å²) in [6.45, 7) is 0.347. The molecule has 0 radical (unpaired) electrons. The maximum atomic E-state index is 11.9. The average molecular weight is 337 g/mol. The lowest BCUT2D eigenvalue weighted by atomic mass is 10.4. The molecule has 7 heteroatoms. The zero-order chi connectivity index (χ0) is 13.2. The van der Waals surface area contributed by atoms with E-state index in [0.29, 0.717) is 17.2 Å². The molecule has 1 amide bonds. The van der Waals surface area contributed by atoms with Crippen LogP contribution in [0.4, 0.5) is 0 Å². The van der Waals surface area contributed by atoms with Gasteiger partial charge >= 0.3 is 0 Å². The first-order chi connectivity index (χ1) is 9.24. The fraction of sp³-hybridized carbons (Fsp3) is 0.0833. The predicted octanol–water partition coefficient (Wildman–Crippen LogP) is 2.48. The van der Waals surface area contributed by atoms with E-state index in [-0.39, 0.29) is 5.91 Å².